The first kappa shape index (κ1) is 63.3. The number of esters is 1. The Morgan fingerprint density at radius 1 is 0.415 bits per heavy atom. The molecule has 0 aliphatic rings. The Kier molecular flexibility index (Phi) is 53.5. The highest BCUT2D eigenvalue weighted by molar-refractivity contribution is 5.76. The number of unbranched alkanes of at least 4 members (excludes halogenated alkanes) is 39. The third-order valence-corrected chi connectivity index (χ3v) is 13.5. The van der Waals surface area contributed by atoms with Gasteiger partial charge in [-0.1, -0.05) is 250 Å². The number of allylic oxidation sites excluding steroid dienone is 4. The van der Waals surface area contributed by atoms with E-state index in [9.17, 15) is 19.8 Å². The molecule has 0 saturated carbocycles. The fourth-order valence-corrected chi connectivity index (χ4v) is 8.98. The third-order valence-electron chi connectivity index (χ3n) is 13.5. The number of aliphatic hydroxyl groups is 2. The molecule has 0 bridgehead atoms. The topological polar surface area (TPSA) is 95.9 Å². The SMILES string of the molecule is CCCCCCCC/C=C\CCCCCCCCCCCC(=O)OCCCC/C=C\CCCCCCCC(=O)NC(CO)C(O)CCCCCCCCCCCCCCCCCCCC. The molecule has 0 fully saturated rings. The van der Waals surface area contributed by atoms with Crippen molar-refractivity contribution >= 4 is 11.9 Å². The summed E-state index contributed by atoms with van der Waals surface area (Å²) in [5, 5.41) is 23.3. The van der Waals surface area contributed by atoms with E-state index in [0.717, 1.165) is 83.5 Å². The molecule has 65 heavy (non-hydrogen) atoms. The van der Waals surface area contributed by atoms with Gasteiger partial charge in [-0.25, -0.2) is 0 Å². The van der Waals surface area contributed by atoms with E-state index in [1.54, 1.807) is 0 Å². The zero-order chi connectivity index (χ0) is 47.2. The van der Waals surface area contributed by atoms with Gasteiger partial charge >= 0.3 is 5.97 Å². The molecule has 6 heteroatoms. The molecule has 0 saturated heterocycles. The van der Waals surface area contributed by atoms with E-state index in [0.29, 0.717) is 25.9 Å². The molecule has 0 aliphatic heterocycles. The lowest BCUT2D eigenvalue weighted by molar-refractivity contribution is -0.143. The van der Waals surface area contributed by atoms with Crippen LogP contribution in [0.3, 0.4) is 0 Å². The van der Waals surface area contributed by atoms with Gasteiger partial charge in [0.2, 0.25) is 5.91 Å². The summed E-state index contributed by atoms with van der Waals surface area (Å²) in [6.07, 6.45) is 66.0. The molecule has 0 aromatic carbocycles. The number of carbonyl (C=O) groups is 2. The molecular formula is C59H113NO5. The molecule has 1 amide bonds. The molecule has 6 nitrogen and oxygen atoms in total. The van der Waals surface area contributed by atoms with E-state index in [1.165, 1.54) is 199 Å². The fraction of sp³-hybridized carbons (Fsp3) is 0.898. The van der Waals surface area contributed by atoms with Crippen molar-refractivity contribution in [2.24, 2.45) is 0 Å². The van der Waals surface area contributed by atoms with Crippen LogP contribution in [0.2, 0.25) is 0 Å². The highest BCUT2D eigenvalue weighted by Crippen LogP contribution is 2.17. The number of amides is 1. The summed E-state index contributed by atoms with van der Waals surface area (Å²) in [5.41, 5.74) is 0. The maximum atomic E-state index is 12.5. The van der Waals surface area contributed by atoms with Crippen molar-refractivity contribution < 1.29 is 24.5 Å². The van der Waals surface area contributed by atoms with Crippen LogP contribution in [0, 0.1) is 0 Å². The minimum Gasteiger partial charge on any atom is -0.466 e. The fourth-order valence-electron chi connectivity index (χ4n) is 8.98. The van der Waals surface area contributed by atoms with Crippen LogP contribution in [0.1, 0.15) is 316 Å². The van der Waals surface area contributed by atoms with Gasteiger partial charge in [-0.15, -0.1) is 0 Å². The summed E-state index contributed by atoms with van der Waals surface area (Å²) >= 11 is 0. The molecule has 0 aliphatic carbocycles. The van der Waals surface area contributed by atoms with Crippen molar-refractivity contribution in [1.29, 1.82) is 0 Å². The largest absolute Gasteiger partial charge is 0.466 e. The first-order valence-corrected chi connectivity index (χ1v) is 29.1. The van der Waals surface area contributed by atoms with Gasteiger partial charge in [-0.3, -0.25) is 9.59 Å². The number of carbonyl (C=O) groups excluding carboxylic acids is 2. The predicted molar refractivity (Wildman–Crippen MR) is 283 cm³/mol. The molecule has 0 rings (SSSR count). The van der Waals surface area contributed by atoms with Crippen molar-refractivity contribution in [3.63, 3.8) is 0 Å². The standard InChI is InChI=1S/C59H113NO5/c1-3-5-7-9-11-13-15-17-19-21-23-25-27-29-33-37-41-45-49-53-59(64)65-54-50-46-42-38-34-30-32-36-40-44-48-52-58(63)60-56(55-61)57(62)51-47-43-39-35-31-28-26-24-22-20-18-16-14-12-10-8-6-4-2/h17,19,34,38,56-57,61-62H,3-16,18,20-33,35-37,39-55H2,1-2H3,(H,60,63)/b19-17-,38-34-. The summed E-state index contributed by atoms with van der Waals surface area (Å²) in [4.78, 5) is 24.6. The minimum absolute atomic E-state index is 0.0310. The second-order valence-electron chi connectivity index (χ2n) is 20.0. The molecule has 0 aromatic rings. The van der Waals surface area contributed by atoms with Crippen molar-refractivity contribution in [3.05, 3.63) is 24.3 Å². The second-order valence-corrected chi connectivity index (χ2v) is 20.0. The summed E-state index contributed by atoms with van der Waals surface area (Å²) in [6.45, 7) is 4.89. The van der Waals surface area contributed by atoms with Crippen molar-refractivity contribution in [3.8, 4) is 0 Å². The average molecular weight is 917 g/mol. The summed E-state index contributed by atoms with van der Waals surface area (Å²) in [7, 11) is 0. The average Bonchev–Trinajstić information content (AvgIpc) is 3.31. The second kappa shape index (κ2) is 54.9. The lowest BCUT2D eigenvalue weighted by Gasteiger charge is -2.22. The number of aliphatic hydroxyl groups excluding tert-OH is 2. The van der Waals surface area contributed by atoms with Crippen LogP contribution in [0.25, 0.3) is 0 Å². The van der Waals surface area contributed by atoms with Crippen LogP contribution in [0.4, 0.5) is 0 Å². The van der Waals surface area contributed by atoms with E-state index < -0.39 is 12.1 Å². The molecule has 2 atom stereocenters. The molecule has 2 unspecified atom stereocenters. The molecule has 384 valence electrons. The maximum absolute atomic E-state index is 12.5. The molecule has 0 spiro atoms. The number of rotatable bonds is 54. The highest BCUT2D eigenvalue weighted by atomic mass is 16.5. The first-order chi connectivity index (χ1) is 32.0. The zero-order valence-electron chi connectivity index (χ0n) is 43.7. The number of ether oxygens (including phenoxy) is 1. The monoisotopic (exact) mass is 916 g/mol. The molecule has 0 heterocycles. The Hall–Kier alpha value is -1.66. The Balaban J connectivity index is 3.49. The van der Waals surface area contributed by atoms with E-state index in [4.69, 9.17) is 4.74 Å². The predicted octanol–water partition coefficient (Wildman–Crippen LogP) is 17.9. The van der Waals surface area contributed by atoms with Gasteiger partial charge in [0.15, 0.2) is 0 Å². The Bertz CT molecular complexity index is 1010. The molecule has 3 N–H and O–H groups in total. The summed E-state index contributed by atoms with van der Waals surface area (Å²) in [6, 6.07) is -0.563. The summed E-state index contributed by atoms with van der Waals surface area (Å²) < 4.78 is 5.46. The van der Waals surface area contributed by atoms with E-state index in [-0.39, 0.29) is 18.5 Å². The Morgan fingerprint density at radius 2 is 0.723 bits per heavy atom. The number of nitrogens with one attached hydrogen (secondary N) is 1. The van der Waals surface area contributed by atoms with Gasteiger partial charge < -0.3 is 20.3 Å². The summed E-state index contributed by atoms with van der Waals surface area (Å²) in [5.74, 6) is -0.0929. The third kappa shape index (κ3) is 51.6. The van der Waals surface area contributed by atoms with Gasteiger partial charge in [0, 0.05) is 12.8 Å². The van der Waals surface area contributed by atoms with Crippen LogP contribution in [-0.4, -0.2) is 47.4 Å². The van der Waals surface area contributed by atoms with Crippen LogP contribution in [-0.2, 0) is 14.3 Å². The lowest BCUT2D eigenvalue weighted by Crippen LogP contribution is -2.45. The normalized spacial score (nSPS) is 12.7. The number of hydrogen-bond donors (Lipinski definition) is 3. The molecular weight excluding hydrogens is 803 g/mol. The van der Waals surface area contributed by atoms with Gasteiger partial charge in [0.1, 0.15) is 0 Å². The smallest absolute Gasteiger partial charge is 0.305 e. The van der Waals surface area contributed by atoms with E-state index in [1.807, 2.05) is 0 Å². The van der Waals surface area contributed by atoms with Crippen LogP contribution >= 0.6 is 0 Å². The van der Waals surface area contributed by atoms with Crippen molar-refractivity contribution in [1.82, 2.24) is 5.32 Å². The minimum atomic E-state index is -0.683. The van der Waals surface area contributed by atoms with Gasteiger partial charge in [0.25, 0.3) is 0 Å². The first-order valence-electron chi connectivity index (χ1n) is 29.1. The van der Waals surface area contributed by atoms with Gasteiger partial charge in [-0.05, 0) is 77.0 Å². The maximum Gasteiger partial charge on any atom is 0.305 e. The van der Waals surface area contributed by atoms with Crippen molar-refractivity contribution in [2.75, 3.05) is 13.2 Å². The lowest BCUT2D eigenvalue weighted by atomic mass is 10.0. The van der Waals surface area contributed by atoms with Gasteiger partial charge in [0.05, 0.1) is 25.4 Å². The number of hydrogen-bond acceptors (Lipinski definition) is 5. The van der Waals surface area contributed by atoms with Crippen LogP contribution in [0.5, 0.6) is 0 Å². The van der Waals surface area contributed by atoms with E-state index >= 15 is 0 Å². The van der Waals surface area contributed by atoms with Gasteiger partial charge in [-0.2, -0.15) is 0 Å². The van der Waals surface area contributed by atoms with Crippen LogP contribution < -0.4 is 5.32 Å². The Labute approximate surface area is 405 Å². The van der Waals surface area contributed by atoms with Crippen LogP contribution in [0.15, 0.2) is 24.3 Å². The Morgan fingerprint density at radius 3 is 1.09 bits per heavy atom. The quantitative estimate of drug-likeness (QED) is 0.0321. The van der Waals surface area contributed by atoms with E-state index in [2.05, 4.69) is 43.5 Å². The van der Waals surface area contributed by atoms with Crippen molar-refractivity contribution in [2.45, 2.75) is 328 Å². The molecule has 0 aromatic heterocycles. The molecule has 0 radical (unpaired) electrons. The highest BCUT2D eigenvalue weighted by Gasteiger charge is 2.20. The zero-order valence-corrected chi connectivity index (χ0v) is 43.7.